The summed E-state index contributed by atoms with van der Waals surface area (Å²) in [6, 6.07) is -1.12. The largest absolute Gasteiger partial charge is 0.387 e. The van der Waals surface area contributed by atoms with Crippen LogP contribution >= 0.6 is 11.6 Å². The summed E-state index contributed by atoms with van der Waals surface area (Å²) in [4.78, 5) is 21.9. The standard InChI is InChI=1S/C9H16ClN3O8/c10-1-2-13(12-20)9(19)11-7(17)6-4(15)3(14)5(16)8(18)21-6/h3-8,14-18H,1-2H2,(H,11,19)/t3-,4-,5+,6-,7?,8?/m0/s1. The molecule has 1 saturated heterocycles. The Labute approximate surface area is 123 Å². The SMILES string of the molecule is O=NN(CCCl)C(=O)NC(O)[C@H]1OC(O)[C@H](O)[C@@H](O)[C@@H]1O. The third kappa shape index (κ3) is 4.20. The molecule has 0 aromatic rings. The Morgan fingerprint density at radius 2 is 1.90 bits per heavy atom. The average Bonchev–Trinajstić information content (AvgIpc) is 2.45. The van der Waals surface area contributed by atoms with Gasteiger partial charge in [-0.05, 0) is 0 Å². The first kappa shape index (κ1) is 18.0. The monoisotopic (exact) mass is 329 g/mol. The fourth-order valence-corrected chi connectivity index (χ4v) is 1.85. The Morgan fingerprint density at radius 3 is 2.43 bits per heavy atom. The van der Waals surface area contributed by atoms with E-state index in [4.69, 9.17) is 16.3 Å². The van der Waals surface area contributed by atoms with Gasteiger partial charge in [0, 0.05) is 5.88 Å². The molecule has 0 aliphatic carbocycles. The molecule has 0 aromatic heterocycles. The second kappa shape index (κ2) is 7.79. The van der Waals surface area contributed by atoms with Crippen molar-refractivity contribution in [2.24, 2.45) is 5.29 Å². The molecule has 122 valence electrons. The normalized spacial score (nSPS) is 34.1. The molecule has 21 heavy (non-hydrogen) atoms. The summed E-state index contributed by atoms with van der Waals surface area (Å²) in [5, 5.41) is 52.0. The molecule has 0 aromatic carbocycles. The first-order valence-corrected chi connectivity index (χ1v) is 6.40. The number of urea groups is 1. The molecule has 1 aliphatic rings. The smallest absolute Gasteiger partial charge is 0.342 e. The highest BCUT2D eigenvalue weighted by Gasteiger charge is 2.46. The predicted molar refractivity (Wildman–Crippen MR) is 66.7 cm³/mol. The third-order valence-electron chi connectivity index (χ3n) is 2.84. The quantitative estimate of drug-likeness (QED) is 0.134. The highest BCUT2D eigenvalue weighted by Crippen LogP contribution is 2.21. The number of carbonyl (C=O) groups is 1. The van der Waals surface area contributed by atoms with Crippen LogP contribution in [0.1, 0.15) is 0 Å². The fraction of sp³-hybridized carbons (Fsp3) is 0.889. The summed E-state index contributed by atoms with van der Waals surface area (Å²) in [7, 11) is 0. The number of hydrogen-bond acceptors (Lipinski definition) is 9. The van der Waals surface area contributed by atoms with Gasteiger partial charge in [0.15, 0.2) is 12.5 Å². The summed E-state index contributed by atoms with van der Waals surface area (Å²) in [6.07, 6.45) is -10.7. The van der Waals surface area contributed by atoms with Crippen molar-refractivity contribution in [3.05, 3.63) is 4.91 Å². The molecule has 12 heteroatoms. The van der Waals surface area contributed by atoms with E-state index in [-0.39, 0.29) is 12.4 Å². The molecular weight excluding hydrogens is 314 g/mol. The van der Waals surface area contributed by atoms with E-state index in [1.54, 1.807) is 0 Å². The molecule has 2 amide bonds. The third-order valence-corrected chi connectivity index (χ3v) is 3.01. The number of ether oxygens (including phenoxy) is 1. The van der Waals surface area contributed by atoms with Gasteiger partial charge in [-0.15, -0.1) is 16.5 Å². The average molecular weight is 330 g/mol. The Bertz CT molecular complexity index is 375. The van der Waals surface area contributed by atoms with Crippen LogP contribution in [0.5, 0.6) is 0 Å². The number of amides is 2. The van der Waals surface area contributed by atoms with Crippen molar-refractivity contribution in [3.63, 3.8) is 0 Å². The van der Waals surface area contributed by atoms with Gasteiger partial charge in [0.05, 0.1) is 11.8 Å². The van der Waals surface area contributed by atoms with Crippen LogP contribution in [0.2, 0.25) is 0 Å². The van der Waals surface area contributed by atoms with Gasteiger partial charge in [-0.3, -0.25) is 0 Å². The molecular formula is C9H16ClN3O8. The number of alkyl halides is 1. The van der Waals surface area contributed by atoms with E-state index in [2.05, 4.69) is 5.29 Å². The van der Waals surface area contributed by atoms with Crippen molar-refractivity contribution in [1.82, 2.24) is 10.3 Å². The van der Waals surface area contributed by atoms with E-state index in [1.807, 2.05) is 5.32 Å². The Hall–Kier alpha value is -1.08. The molecule has 1 aliphatic heterocycles. The number of halogens is 1. The summed E-state index contributed by atoms with van der Waals surface area (Å²) < 4.78 is 4.69. The lowest BCUT2D eigenvalue weighted by molar-refractivity contribution is -0.298. The second-order valence-electron chi connectivity index (χ2n) is 4.25. The second-order valence-corrected chi connectivity index (χ2v) is 4.63. The Morgan fingerprint density at radius 1 is 1.29 bits per heavy atom. The van der Waals surface area contributed by atoms with Gasteiger partial charge in [0.25, 0.3) is 0 Å². The van der Waals surface area contributed by atoms with Gasteiger partial charge in [-0.2, -0.15) is 5.01 Å². The number of nitrogens with one attached hydrogen (secondary N) is 1. The summed E-state index contributed by atoms with van der Waals surface area (Å²) in [6.45, 7) is -0.221. The lowest BCUT2D eigenvalue weighted by atomic mass is 9.98. The van der Waals surface area contributed by atoms with E-state index in [0.717, 1.165) is 0 Å². The zero-order valence-corrected chi connectivity index (χ0v) is 11.4. The van der Waals surface area contributed by atoms with Crippen LogP contribution in [0, 0.1) is 4.91 Å². The van der Waals surface area contributed by atoms with Crippen LogP contribution in [-0.4, -0.2) is 85.9 Å². The van der Waals surface area contributed by atoms with Crippen molar-refractivity contribution in [1.29, 1.82) is 0 Å². The molecule has 1 rings (SSSR count). The van der Waals surface area contributed by atoms with E-state index in [9.17, 15) is 35.2 Å². The number of carbonyl (C=O) groups excluding carboxylic acids is 1. The maximum Gasteiger partial charge on any atom is 0.342 e. The van der Waals surface area contributed by atoms with Crippen molar-refractivity contribution < 1.29 is 35.1 Å². The van der Waals surface area contributed by atoms with Crippen LogP contribution in [0.15, 0.2) is 5.29 Å². The Balaban J connectivity index is 2.67. The number of aliphatic hydroxyl groups is 5. The first-order valence-electron chi connectivity index (χ1n) is 5.86. The van der Waals surface area contributed by atoms with Gasteiger partial charge >= 0.3 is 6.03 Å². The molecule has 1 heterocycles. The molecule has 1 fully saturated rings. The van der Waals surface area contributed by atoms with E-state index in [0.29, 0.717) is 5.01 Å². The van der Waals surface area contributed by atoms with Crippen LogP contribution in [0.4, 0.5) is 4.79 Å². The van der Waals surface area contributed by atoms with Gasteiger partial charge in [-0.25, -0.2) is 4.79 Å². The van der Waals surface area contributed by atoms with Gasteiger partial charge in [-0.1, -0.05) is 0 Å². The first-order chi connectivity index (χ1) is 9.83. The topological polar surface area (TPSA) is 172 Å². The van der Waals surface area contributed by atoms with Gasteiger partial charge in [0.2, 0.25) is 0 Å². The van der Waals surface area contributed by atoms with Crippen molar-refractivity contribution in [3.8, 4) is 0 Å². The molecule has 11 nitrogen and oxygen atoms in total. The zero-order chi connectivity index (χ0) is 16.2. The predicted octanol–water partition coefficient (Wildman–Crippen LogP) is -2.96. The van der Waals surface area contributed by atoms with Crippen LogP contribution in [-0.2, 0) is 4.74 Å². The minimum atomic E-state index is -1.89. The number of aliphatic hydroxyl groups excluding tert-OH is 5. The Kier molecular flexibility index (Phi) is 6.67. The number of hydrogen-bond donors (Lipinski definition) is 6. The van der Waals surface area contributed by atoms with Crippen LogP contribution in [0.25, 0.3) is 0 Å². The number of rotatable bonds is 5. The van der Waals surface area contributed by atoms with Crippen molar-refractivity contribution >= 4 is 17.6 Å². The van der Waals surface area contributed by atoms with E-state index < -0.39 is 43.0 Å². The van der Waals surface area contributed by atoms with Crippen molar-refractivity contribution in [2.45, 2.75) is 36.9 Å². The molecule has 2 unspecified atom stereocenters. The molecule has 6 atom stereocenters. The highest BCUT2D eigenvalue weighted by atomic mass is 35.5. The van der Waals surface area contributed by atoms with E-state index in [1.165, 1.54) is 0 Å². The maximum atomic E-state index is 11.5. The molecule has 0 saturated carbocycles. The maximum absolute atomic E-state index is 11.5. The minimum absolute atomic E-state index is 0.0819. The number of nitrogens with zero attached hydrogens (tertiary/aromatic N) is 2. The lowest BCUT2D eigenvalue weighted by Crippen LogP contribution is -2.63. The molecule has 6 N–H and O–H groups in total. The zero-order valence-electron chi connectivity index (χ0n) is 10.6. The van der Waals surface area contributed by atoms with E-state index >= 15 is 0 Å². The van der Waals surface area contributed by atoms with Crippen LogP contribution in [0.3, 0.4) is 0 Å². The van der Waals surface area contributed by atoms with Gasteiger partial charge < -0.3 is 35.6 Å². The summed E-state index contributed by atoms with van der Waals surface area (Å²) in [5.74, 6) is -0.0819. The summed E-state index contributed by atoms with van der Waals surface area (Å²) >= 11 is 5.34. The highest BCUT2D eigenvalue weighted by molar-refractivity contribution is 6.18. The number of nitroso groups, excluding NO2 is 1. The molecule has 0 spiro atoms. The molecule has 0 bridgehead atoms. The fourth-order valence-electron chi connectivity index (χ4n) is 1.69. The minimum Gasteiger partial charge on any atom is -0.387 e. The van der Waals surface area contributed by atoms with Crippen molar-refractivity contribution in [2.75, 3.05) is 12.4 Å². The summed E-state index contributed by atoms with van der Waals surface area (Å²) in [5.41, 5.74) is 0. The lowest BCUT2D eigenvalue weighted by Gasteiger charge is -2.40. The molecule has 0 radical (unpaired) electrons. The van der Waals surface area contributed by atoms with Gasteiger partial charge in [0.1, 0.15) is 24.4 Å². The van der Waals surface area contributed by atoms with Crippen LogP contribution < -0.4 is 5.32 Å².